The van der Waals surface area contributed by atoms with E-state index in [-0.39, 0.29) is 37.0 Å². The van der Waals surface area contributed by atoms with Crippen LogP contribution < -0.4 is 26.2 Å². The smallest absolute Gasteiger partial charge is 0.246 e. The van der Waals surface area contributed by atoms with Crippen LogP contribution in [-0.2, 0) is 30.4 Å². The second kappa shape index (κ2) is 16.1. The summed E-state index contributed by atoms with van der Waals surface area (Å²) in [5.41, 5.74) is 2.38. The van der Waals surface area contributed by atoms with Gasteiger partial charge in [0.05, 0.1) is 7.11 Å². The molecule has 12 nitrogen and oxygen atoms in total. The number of fused-ring (bicyclic) bond motifs is 1. The third-order valence-corrected chi connectivity index (χ3v) is 8.25. The van der Waals surface area contributed by atoms with E-state index in [1.54, 1.807) is 29.6 Å². The predicted molar refractivity (Wildman–Crippen MR) is 154 cm³/mol. The van der Waals surface area contributed by atoms with Crippen LogP contribution >= 0.6 is 0 Å². The molecule has 2 heterocycles. The lowest BCUT2D eigenvalue weighted by Gasteiger charge is -2.39. The van der Waals surface area contributed by atoms with Gasteiger partial charge in [-0.15, -0.1) is 0 Å². The molecule has 5 N–H and O–H groups in total. The zero-order chi connectivity index (χ0) is 30.6. The zero-order valence-corrected chi connectivity index (χ0v) is 24.8. The van der Waals surface area contributed by atoms with Crippen LogP contribution in [0, 0.1) is 5.92 Å². The Morgan fingerprint density at radius 1 is 1.00 bits per heavy atom. The van der Waals surface area contributed by atoms with Gasteiger partial charge in [-0.25, -0.2) is 5.48 Å². The third kappa shape index (κ3) is 8.91. The molecule has 0 spiro atoms. The Labute approximate surface area is 247 Å². The van der Waals surface area contributed by atoms with Gasteiger partial charge in [0.1, 0.15) is 29.9 Å². The number of piperidine rings is 1. The maximum Gasteiger partial charge on any atom is 0.246 e. The Bertz CT molecular complexity index is 1100. The molecule has 42 heavy (non-hydrogen) atoms. The van der Waals surface area contributed by atoms with Crippen LogP contribution in [0.15, 0.2) is 24.3 Å². The number of hydrogen-bond donors (Lipinski definition) is 5. The maximum atomic E-state index is 13.9. The quantitative estimate of drug-likeness (QED) is 0.149. The minimum Gasteiger partial charge on any atom is -0.497 e. The number of carbonyl (C=O) groups is 5. The molecule has 2 aliphatic heterocycles. The SMILES string of the molecule is CC[C@H](C)[C@@H]1NC(=O)[C@@H](Cc2ccc(OC)cc2)NC(=O)[C@@H](CCCCCC(=O)NO)NC(=O)[C@@H]2CCCCN2C1=O. The highest BCUT2D eigenvalue weighted by Gasteiger charge is 2.40. The average molecular weight is 588 g/mol. The molecule has 1 aromatic rings. The van der Waals surface area contributed by atoms with Gasteiger partial charge in [0.15, 0.2) is 0 Å². The van der Waals surface area contributed by atoms with E-state index in [0.29, 0.717) is 44.4 Å². The van der Waals surface area contributed by atoms with Gasteiger partial charge in [0, 0.05) is 19.4 Å². The summed E-state index contributed by atoms with van der Waals surface area (Å²) in [5, 5.41) is 17.3. The second-order valence-electron chi connectivity index (χ2n) is 11.2. The van der Waals surface area contributed by atoms with Crippen LogP contribution in [0.3, 0.4) is 0 Å². The predicted octanol–water partition coefficient (Wildman–Crippen LogP) is 1.59. The number of hydrogen-bond acceptors (Lipinski definition) is 7. The standard InChI is InChI=1S/C30H45N5O7/c1-4-19(2)26-30(40)35-17-9-8-11-24(35)29(39)31-22(10-6-5-7-12-25(36)34-41)27(37)32-23(28(38)33-26)18-20-13-15-21(42-3)16-14-20/h13-16,19,22-24,26,41H,4-12,17-18H2,1-3H3,(H,31,39)(H,32,37)(H,33,38)(H,34,36)/t19-,22+,23+,24-,26-/m0/s1. The number of rotatable bonds is 11. The van der Waals surface area contributed by atoms with Gasteiger partial charge in [-0.2, -0.15) is 0 Å². The van der Waals surface area contributed by atoms with Crippen LogP contribution in [0.4, 0.5) is 0 Å². The Kier molecular flexibility index (Phi) is 12.6. The Hall–Kier alpha value is -3.67. The number of amides is 5. The monoisotopic (exact) mass is 587 g/mol. The highest BCUT2D eigenvalue weighted by atomic mass is 16.5. The van der Waals surface area contributed by atoms with E-state index < -0.39 is 41.9 Å². The molecule has 0 unspecified atom stereocenters. The molecular weight excluding hydrogens is 542 g/mol. The molecule has 5 atom stereocenters. The number of nitrogens with one attached hydrogen (secondary N) is 4. The molecule has 0 radical (unpaired) electrons. The van der Waals surface area contributed by atoms with Gasteiger partial charge < -0.3 is 25.6 Å². The third-order valence-electron chi connectivity index (χ3n) is 8.25. The Balaban J connectivity index is 1.90. The van der Waals surface area contributed by atoms with Crippen molar-refractivity contribution in [1.29, 1.82) is 0 Å². The molecule has 0 aromatic heterocycles. The molecule has 2 saturated heterocycles. The van der Waals surface area contributed by atoms with Gasteiger partial charge in [-0.3, -0.25) is 29.2 Å². The first-order valence-electron chi connectivity index (χ1n) is 15.0. The molecule has 0 saturated carbocycles. The van der Waals surface area contributed by atoms with E-state index in [0.717, 1.165) is 18.4 Å². The molecular formula is C30H45N5O7. The van der Waals surface area contributed by atoms with Crippen molar-refractivity contribution in [3.8, 4) is 5.75 Å². The van der Waals surface area contributed by atoms with Crippen molar-refractivity contribution in [3.63, 3.8) is 0 Å². The minimum atomic E-state index is -0.991. The van der Waals surface area contributed by atoms with Crippen molar-refractivity contribution < 1.29 is 33.9 Å². The summed E-state index contributed by atoms with van der Waals surface area (Å²) in [5.74, 6) is -1.64. The van der Waals surface area contributed by atoms with Crippen molar-refractivity contribution in [2.75, 3.05) is 13.7 Å². The van der Waals surface area contributed by atoms with E-state index in [4.69, 9.17) is 9.94 Å². The maximum absolute atomic E-state index is 13.9. The first kappa shape index (κ1) is 32.8. The Morgan fingerprint density at radius 2 is 1.69 bits per heavy atom. The average Bonchev–Trinajstić information content (AvgIpc) is 3.01. The molecule has 5 amide bonds. The van der Waals surface area contributed by atoms with E-state index in [1.165, 1.54) is 0 Å². The number of ether oxygens (including phenoxy) is 1. The van der Waals surface area contributed by atoms with Crippen LogP contribution in [0.2, 0.25) is 0 Å². The fourth-order valence-electron chi connectivity index (χ4n) is 5.47. The summed E-state index contributed by atoms with van der Waals surface area (Å²) in [7, 11) is 1.56. The van der Waals surface area contributed by atoms with Crippen molar-refractivity contribution in [2.45, 2.75) is 102 Å². The molecule has 232 valence electrons. The van der Waals surface area contributed by atoms with Crippen LogP contribution in [0.25, 0.3) is 0 Å². The van der Waals surface area contributed by atoms with Gasteiger partial charge >= 0.3 is 0 Å². The number of nitrogens with zero attached hydrogens (tertiary/aromatic N) is 1. The largest absolute Gasteiger partial charge is 0.497 e. The highest BCUT2D eigenvalue weighted by molar-refractivity contribution is 5.97. The van der Waals surface area contributed by atoms with Crippen LogP contribution in [-0.4, -0.2) is 77.5 Å². The van der Waals surface area contributed by atoms with Gasteiger partial charge in [0.2, 0.25) is 29.5 Å². The topological polar surface area (TPSA) is 166 Å². The summed E-state index contributed by atoms with van der Waals surface area (Å²) in [6.07, 6.45) is 4.85. The van der Waals surface area contributed by atoms with Crippen molar-refractivity contribution in [3.05, 3.63) is 29.8 Å². The summed E-state index contributed by atoms with van der Waals surface area (Å²) < 4.78 is 5.23. The summed E-state index contributed by atoms with van der Waals surface area (Å²) in [6, 6.07) is 3.68. The molecule has 1 aromatic carbocycles. The van der Waals surface area contributed by atoms with Crippen LogP contribution in [0.5, 0.6) is 5.75 Å². The number of methoxy groups -OCH3 is 1. The second-order valence-corrected chi connectivity index (χ2v) is 11.2. The van der Waals surface area contributed by atoms with Crippen molar-refractivity contribution in [1.82, 2.24) is 26.3 Å². The van der Waals surface area contributed by atoms with Gasteiger partial charge in [0.25, 0.3) is 0 Å². The number of hydroxylamine groups is 1. The van der Waals surface area contributed by atoms with E-state index >= 15 is 0 Å². The first-order valence-corrected chi connectivity index (χ1v) is 15.0. The van der Waals surface area contributed by atoms with Gasteiger partial charge in [-0.1, -0.05) is 45.2 Å². The lowest BCUT2D eigenvalue weighted by atomic mass is 9.93. The zero-order valence-electron chi connectivity index (χ0n) is 24.8. The summed E-state index contributed by atoms with van der Waals surface area (Å²) >= 11 is 0. The lowest BCUT2D eigenvalue weighted by molar-refractivity contribution is -0.147. The molecule has 2 aliphatic rings. The number of unbranched alkanes of at least 4 members (excludes halogenated alkanes) is 2. The van der Waals surface area contributed by atoms with E-state index in [9.17, 15) is 24.0 Å². The van der Waals surface area contributed by atoms with Gasteiger partial charge in [-0.05, 0) is 55.7 Å². The fraction of sp³-hybridized carbons (Fsp3) is 0.633. The molecule has 2 fully saturated rings. The Morgan fingerprint density at radius 3 is 2.36 bits per heavy atom. The number of benzene rings is 1. The molecule has 0 aliphatic carbocycles. The highest BCUT2D eigenvalue weighted by Crippen LogP contribution is 2.22. The molecule has 12 heteroatoms. The van der Waals surface area contributed by atoms with Crippen LogP contribution in [0.1, 0.15) is 77.2 Å². The fourth-order valence-corrected chi connectivity index (χ4v) is 5.47. The summed E-state index contributed by atoms with van der Waals surface area (Å²) in [6.45, 7) is 4.24. The first-order chi connectivity index (χ1) is 20.2. The van der Waals surface area contributed by atoms with Crippen molar-refractivity contribution >= 4 is 29.5 Å². The minimum absolute atomic E-state index is 0.139. The van der Waals surface area contributed by atoms with E-state index in [1.807, 2.05) is 26.0 Å². The van der Waals surface area contributed by atoms with Crippen molar-refractivity contribution in [2.24, 2.45) is 5.92 Å². The summed E-state index contributed by atoms with van der Waals surface area (Å²) in [4.78, 5) is 67.7. The lowest BCUT2D eigenvalue weighted by Crippen LogP contribution is -2.64. The molecule has 3 rings (SSSR count). The molecule has 0 bridgehead atoms. The van der Waals surface area contributed by atoms with E-state index in [2.05, 4.69) is 16.0 Å². The number of carbonyl (C=O) groups excluding carboxylic acids is 5. The normalized spacial score (nSPS) is 24.2.